The number of aromatic nitrogens is 2. The van der Waals surface area contributed by atoms with Crippen molar-refractivity contribution >= 4 is 23.6 Å². The lowest BCUT2D eigenvalue weighted by Gasteiger charge is -2.58. The molecule has 2 aromatic rings. The first-order chi connectivity index (χ1) is 25.1. The number of rotatable bonds is 18. The second-order valence-corrected chi connectivity index (χ2v) is 16.0. The lowest BCUT2D eigenvalue weighted by molar-refractivity contribution is -0.223. The van der Waals surface area contributed by atoms with Crippen molar-refractivity contribution in [2.24, 2.45) is 22.9 Å². The summed E-state index contributed by atoms with van der Waals surface area (Å²) < 4.78 is 19.9. The van der Waals surface area contributed by atoms with Gasteiger partial charge in [0.25, 0.3) is 0 Å². The summed E-state index contributed by atoms with van der Waals surface area (Å²) in [6, 6.07) is 5.63. The number of nitrogens with zero attached hydrogens (tertiary/aromatic N) is 3. The van der Waals surface area contributed by atoms with Crippen LogP contribution in [0.25, 0.3) is 0 Å². The van der Waals surface area contributed by atoms with Crippen molar-refractivity contribution in [3.63, 3.8) is 0 Å². The highest BCUT2D eigenvalue weighted by Gasteiger charge is 2.64. The third-order valence-corrected chi connectivity index (χ3v) is 11.2. The van der Waals surface area contributed by atoms with E-state index in [9.17, 15) is 15.0 Å². The Kier molecular flexibility index (Phi) is 14.2. The van der Waals surface area contributed by atoms with Crippen LogP contribution in [0.1, 0.15) is 89.8 Å². The van der Waals surface area contributed by atoms with Crippen LogP contribution in [-0.2, 0) is 16.0 Å². The van der Waals surface area contributed by atoms with Crippen molar-refractivity contribution in [2.45, 2.75) is 102 Å². The summed E-state index contributed by atoms with van der Waals surface area (Å²) in [6.45, 7) is 12.8. The minimum absolute atomic E-state index is 0.104. The summed E-state index contributed by atoms with van der Waals surface area (Å²) in [5.41, 5.74) is 3.30. The molecule has 3 aliphatic rings. The first-order valence-corrected chi connectivity index (χ1v) is 19.8. The van der Waals surface area contributed by atoms with Crippen molar-refractivity contribution in [1.82, 2.24) is 15.3 Å². The molecule has 284 valence electrons. The predicted molar refractivity (Wildman–Crippen MR) is 204 cm³/mol. The zero-order valence-corrected chi connectivity index (χ0v) is 31.9. The van der Waals surface area contributed by atoms with Crippen molar-refractivity contribution in [3.05, 3.63) is 72.4 Å². The Bertz CT molecular complexity index is 1550. The molecule has 1 amide bonds. The molecule has 1 fully saturated rings. The van der Waals surface area contributed by atoms with E-state index in [1.807, 2.05) is 39.8 Å². The van der Waals surface area contributed by atoms with Crippen LogP contribution in [0.4, 0.5) is 4.79 Å². The van der Waals surface area contributed by atoms with Gasteiger partial charge in [-0.15, -0.1) is 6.58 Å². The minimum atomic E-state index is -1.08. The van der Waals surface area contributed by atoms with Gasteiger partial charge in [0, 0.05) is 62.7 Å². The molecule has 1 aromatic heterocycles. The van der Waals surface area contributed by atoms with Gasteiger partial charge in [-0.3, -0.25) is 9.97 Å². The molecule has 3 N–H and O–H groups in total. The van der Waals surface area contributed by atoms with Crippen LogP contribution in [0, 0.1) is 17.8 Å². The molecule has 0 spiro atoms. The zero-order chi connectivity index (χ0) is 37.1. The van der Waals surface area contributed by atoms with Gasteiger partial charge in [-0.1, -0.05) is 30.1 Å². The second-order valence-electron chi connectivity index (χ2n) is 14.7. The van der Waals surface area contributed by atoms with Gasteiger partial charge in [0.05, 0.1) is 29.2 Å². The van der Waals surface area contributed by atoms with E-state index < -0.39 is 17.5 Å². The van der Waals surface area contributed by atoms with Crippen molar-refractivity contribution in [2.75, 3.05) is 32.1 Å². The van der Waals surface area contributed by atoms with E-state index >= 15 is 0 Å². The molecule has 1 saturated carbocycles. The Balaban J connectivity index is 1.69. The number of thioether (sulfide) groups is 1. The molecule has 52 heavy (non-hydrogen) atoms. The van der Waals surface area contributed by atoms with Gasteiger partial charge in [0.2, 0.25) is 5.79 Å². The monoisotopic (exact) mass is 736 g/mol. The standard InChI is InChI=1S/C40H56N4O7S/c1-6-21-48-40-35(52-22-16-28-26-41-17-18-43-28)25-33(44-51-39(3,4)5)31-23-27(12-8-10-19-45)30(13-9-11-20-46)36(37(31)40)32-24-29(14-15-34(32)50-40)49-38(47)42-7-2/h6,14-15,17-18,23-24,26-27,30,35-37,45-46H,1,7-13,16,19-22,25H2,2-5H3,(H,42,47)/t27-,30+,35-,36+,37+,40+/m0/s1. The number of hydrogen-bond donors (Lipinski definition) is 3. The third kappa shape index (κ3) is 9.55. The summed E-state index contributed by atoms with van der Waals surface area (Å²) in [5.74, 6) is 0.710. The van der Waals surface area contributed by atoms with Gasteiger partial charge in [-0.05, 0) is 94.7 Å². The van der Waals surface area contributed by atoms with Gasteiger partial charge in [0.15, 0.2) is 0 Å². The van der Waals surface area contributed by atoms with E-state index in [1.165, 1.54) is 0 Å². The molecule has 2 heterocycles. The number of unbranched alkanes of at least 4 members (excludes halogenated alkanes) is 2. The number of hydrogen-bond acceptors (Lipinski definition) is 11. The molecule has 1 aromatic carbocycles. The fourth-order valence-electron chi connectivity index (χ4n) is 7.78. The SMILES string of the molecule is C=CCO[C@@]12Oc3ccc(OC(=O)NCC)cc3[C@H]3[C@H](CCCCO)[C@@H](CCCCO)C=C(C(=NOC(C)(C)C)C[C@@H]1SCCc1cnccn1)[C@H]32. The number of ether oxygens (including phenoxy) is 3. The number of fused-ring (bicyclic) bond motifs is 2. The summed E-state index contributed by atoms with van der Waals surface area (Å²) in [6.07, 6.45) is 15.0. The molecule has 2 aliphatic carbocycles. The average molecular weight is 737 g/mol. The highest BCUT2D eigenvalue weighted by molar-refractivity contribution is 8.00. The number of benzene rings is 1. The van der Waals surface area contributed by atoms with Crippen LogP contribution < -0.4 is 14.8 Å². The molecule has 0 saturated heterocycles. The molecule has 11 nitrogen and oxygen atoms in total. The van der Waals surface area contributed by atoms with Gasteiger partial charge >= 0.3 is 6.09 Å². The molecular formula is C40H56N4O7S. The molecule has 0 bridgehead atoms. The summed E-state index contributed by atoms with van der Waals surface area (Å²) in [4.78, 5) is 27.5. The Hall–Kier alpha value is -3.45. The van der Waals surface area contributed by atoms with Crippen LogP contribution in [0.5, 0.6) is 11.5 Å². The van der Waals surface area contributed by atoms with Crippen LogP contribution in [0.2, 0.25) is 0 Å². The zero-order valence-electron chi connectivity index (χ0n) is 31.1. The fourth-order valence-corrected chi connectivity index (χ4v) is 9.17. The third-order valence-electron chi connectivity index (χ3n) is 9.88. The number of oxime groups is 1. The molecule has 6 atom stereocenters. The highest BCUT2D eigenvalue weighted by Crippen LogP contribution is 2.62. The maximum absolute atomic E-state index is 12.6. The maximum atomic E-state index is 12.6. The van der Waals surface area contributed by atoms with E-state index in [4.69, 9.17) is 24.2 Å². The predicted octanol–water partition coefficient (Wildman–Crippen LogP) is 6.99. The smallest absolute Gasteiger partial charge is 0.412 e. The number of carbonyl (C=O) groups excluding carboxylic acids is 1. The van der Waals surface area contributed by atoms with Gasteiger partial charge in [-0.25, -0.2) is 4.79 Å². The quantitative estimate of drug-likeness (QED) is 0.0832. The number of nitrogens with one attached hydrogen (secondary N) is 1. The molecule has 0 unspecified atom stereocenters. The van der Waals surface area contributed by atoms with Gasteiger partial charge in [0.1, 0.15) is 17.1 Å². The normalized spacial score (nSPS) is 25.7. The Labute approximate surface area is 312 Å². The number of aryl methyl sites for hydroxylation is 1. The average Bonchev–Trinajstić information content (AvgIpc) is 3.12. The lowest BCUT2D eigenvalue weighted by atomic mass is 9.56. The lowest BCUT2D eigenvalue weighted by Crippen LogP contribution is -2.64. The molecule has 5 rings (SSSR count). The first-order valence-electron chi connectivity index (χ1n) is 18.7. The molecule has 1 aliphatic heterocycles. The van der Waals surface area contributed by atoms with Gasteiger partial charge in [-0.2, -0.15) is 11.8 Å². The summed E-state index contributed by atoms with van der Waals surface area (Å²) in [7, 11) is 0. The number of aliphatic hydroxyl groups is 2. The Morgan fingerprint density at radius 1 is 1.17 bits per heavy atom. The molecule has 12 heteroatoms. The fraction of sp³-hybridized carbons (Fsp3) is 0.600. The Morgan fingerprint density at radius 2 is 1.96 bits per heavy atom. The van der Waals surface area contributed by atoms with Crippen LogP contribution in [0.3, 0.4) is 0 Å². The number of allylic oxidation sites excluding steroid dienone is 1. The summed E-state index contributed by atoms with van der Waals surface area (Å²) in [5, 5.41) is 27.0. The van der Waals surface area contributed by atoms with E-state index in [0.717, 1.165) is 60.4 Å². The van der Waals surface area contributed by atoms with Crippen LogP contribution in [0.15, 0.2) is 66.2 Å². The van der Waals surface area contributed by atoms with E-state index in [2.05, 4.69) is 27.9 Å². The maximum Gasteiger partial charge on any atom is 0.412 e. The number of amides is 1. The van der Waals surface area contributed by atoms with Crippen LogP contribution >= 0.6 is 11.8 Å². The molecular weight excluding hydrogens is 681 g/mol. The Morgan fingerprint density at radius 3 is 2.65 bits per heavy atom. The van der Waals surface area contributed by atoms with Crippen molar-refractivity contribution in [3.8, 4) is 11.5 Å². The van der Waals surface area contributed by atoms with Gasteiger partial charge < -0.3 is 34.6 Å². The largest absolute Gasteiger partial charge is 0.460 e. The number of carbonyl (C=O) groups is 1. The van der Waals surface area contributed by atoms with Crippen molar-refractivity contribution in [1.29, 1.82) is 0 Å². The first kappa shape index (κ1) is 39.8. The molecule has 0 radical (unpaired) electrons. The topological polar surface area (TPSA) is 145 Å². The van der Waals surface area contributed by atoms with E-state index in [1.54, 1.807) is 42.5 Å². The number of aliphatic hydroxyl groups excluding tert-OH is 2. The second kappa shape index (κ2) is 18.5. The summed E-state index contributed by atoms with van der Waals surface area (Å²) >= 11 is 1.78. The minimum Gasteiger partial charge on any atom is -0.460 e. The highest BCUT2D eigenvalue weighted by atomic mass is 32.2. The van der Waals surface area contributed by atoms with E-state index in [-0.39, 0.29) is 48.7 Å². The van der Waals surface area contributed by atoms with Crippen LogP contribution in [-0.4, -0.2) is 80.7 Å². The van der Waals surface area contributed by atoms with Crippen molar-refractivity contribution < 1.29 is 34.1 Å². The van der Waals surface area contributed by atoms with E-state index in [0.29, 0.717) is 37.3 Å².